The average Bonchev–Trinajstić information content (AvgIpc) is 2.87. The highest BCUT2D eigenvalue weighted by molar-refractivity contribution is 8.18. The lowest BCUT2D eigenvalue weighted by atomic mass is 10.2. The Morgan fingerprint density at radius 3 is 2.75 bits per heavy atom. The van der Waals surface area contributed by atoms with Gasteiger partial charge in [-0.2, -0.15) is 0 Å². The number of hydrogen-bond donors (Lipinski definition) is 1. The number of aliphatic imine (C=N–C) groups is 1. The van der Waals surface area contributed by atoms with Gasteiger partial charge in [0.25, 0.3) is 5.91 Å². The van der Waals surface area contributed by atoms with E-state index in [4.69, 9.17) is 11.6 Å². The third kappa shape index (κ3) is 3.44. The largest absolute Gasteiger partial charge is 0.508 e. The number of nitrogens with zero attached hydrogens (tertiary/aromatic N) is 3. The Hall–Kier alpha value is -2.31. The number of amides is 1. The number of amidine groups is 1. The number of carbonyl (C=O) groups is 1. The minimum atomic E-state index is -0.0977. The van der Waals surface area contributed by atoms with Crippen LogP contribution >= 0.6 is 23.4 Å². The van der Waals surface area contributed by atoms with E-state index in [0.717, 1.165) is 5.56 Å². The van der Waals surface area contributed by atoms with Crippen LogP contribution < -0.4 is 0 Å². The molecular formula is C17H14ClN3O2S. The first kappa shape index (κ1) is 16.5. The number of thioether (sulfide) groups is 1. The fraction of sp³-hybridized carbons (Fsp3) is 0.118. The van der Waals surface area contributed by atoms with Gasteiger partial charge in [0.15, 0.2) is 5.17 Å². The van der Waals surface area contributed by atoms with E-state index in [1.807, 2.05) is 6.92 Å². The minimum absolute atomic E-state index is 0.0977. The zero-order valence-corrected chi connectivity index (χ0v) is 14.4. The molecule has 2 heterocycles. The van der Waals surface area contributed by atoms with E-state index >= 15 is 0 Å². The monoisotopic (exact) mass is 359 g/mol. The van der Waals surface area contributed by atoms with Crippen LogP contribution in [-0.4, -0.2) is 32.6 Å². The Balaban J connectivity index is 1.94. The summed E-state index contributed by atoms with van der Waals surface area (Å²) in [7, 11) is 0. The van der Waals surface area contributed by atoms with E-state index in [-0.39, 0.29) is 11.7 Å². The Morgan fingerprint density at radius 1 is 1.33 bits per heavy atom. The standard InChI is InChI=1S/C17H14ClN3O2S/c1-2-21-16(23)15(9-11-3-5-12(22)6-4-11)24-17(21)20-14-7-8-19-10-13(14)18/h3-10,22H,2H2,1H3/b15-9-,20-17?. The zero-order valence-electron chi connectivity index (χ0n) is 12.8. The number of likely N-dealkylation sites (N-methyl/N-ethyl adjacent to an activating group) is 1. The van der Waals surface area contributed by atoms with Crippen LogP contribution in [-0.2, 0) is 4.79 Å². The Bertz CT molecular complexity index is 834. The number of halogens is 1. The minimum Gasteiger partial charge on any atom is -0.508 e. The van der Waals surface area contributed by atoms with Crippen molar-refractivity contribution in [3.63, 3.8) is 0 Å². The van der Waals surface area contributed by atoms with Crippen molar-refractivity contribution >= 4 is 46.2 Å². The number of pyridine rings is 1. The van der Waals surface area contributed by atoms with Crippen molar-refractivity contribution in [1.82, 2.24) is 9.88 Å². The van der Waals surface area contributed by atoms with Gasteiger partial charge < -0.3 is 5.11 Å². The van der Waals surface area contributed by atoms with E-state index in [9.17, 15) is 9.90 Å². The van der Waals surface area contributed by atoms with E-state index in [2.05, 4.69) is 9.98 Å². The summed E-state index contributed by atoms with van der Waals surface area (Å²) < 4.78 is 0. The van der Waals surface area contributed by atoms with Gasteiger partial charge in [0.2, 0.25) is 0 Å². The lowest BCUT2D eigenvalue weighted by molar-refractivity contribution is -0.122. The number of aromatic hydroxyl groups is 1. The van der Waals surface area contributed by atoms with Gasteiger partial charge in [0, 0.05) is 18.9 Å². The number of benzene rings is 1. The molecule has 1 aromatic heterocycles. The first-order valence-corrected chi connectivity index (χ1v) is 8.46. The van der Waals surface area contributed by atoms with Gasteiger partial charge in [0.05, 0.1) is 15.6 Å². The van der Waals surface area contributed by atoms with Crippen LogP contribution in [0.2, 0.25) is 5.02 Å². The molecule has 0 unspecified atom stereocenters. The van der Waals surface area contributed by atoms with Crippen molar-refractivity contribution in [1.29, 1.82) is 0 Å². The van der Waals surface area contributed by atoms with Crippen molar-refractivity contribution in [2.24, 2.45) is 4.99 Å². The fourth-order valence-electron chi connectivity index (χ4n) is 2.15. The maximum absolute atomic E-state index is 12.6. The van der Waals surface area contributed by atoms with Crippen molar-refractivity contribution in [2.75, 3.05) is 6.54 Å². The summed E-state index contributed by atoms with van der Waals surface area (Å²) in [5.41, 5.74) is 1.41. The Labute approximate surface area is 148 Å². The second-order valence-corrected chi connectivity index (χ2v) is 6.39. The molecule has 0 saturated carbocycles. The number of phenols is 1. The van der Waals surface area contributed by atoms with Crippen molar-refractivity contribution in [3.8, 4) is 5.75 Å². The third-order valence-corrected chi connectivity index (χ3v) is 4.66. The molecule has 2 aromatic rings. The van der Waals surface area contributed by atoms with Gasteiger partial charge in [-0.1, -0.05) is 23.7 Å². The van der Waals surface area contributed by atoms with Crippen LogP contribution in [0.15, 0.2) is 52.6 Å². The van der Waals surface area contributed by atoms with Gasteiger partial charge in [-0.05, 0) is 48.5 Å². The van der Waals surface area contributed by atoms with Crippen molar-refractivity contribution < 1.29 is 9.90 Å². The molecule has 5 nitrogen and oxygen atoms in total. The first-order chi connectivity index (χ1) is 11.6. The SMILES string of the molecule is CCN1C(=O)/C(=C/c2ccc(O)cc2)SC1=Nc1ccncc1Cl. The molecule has 0 radical (unpaired) electrons. The summed E-state index contributed by atoms with van der Waals surface area (Å²) in [6, 6.07) is 8.37. The summed E-state index contributed by atoms with van der Waals surface area (Å²) in [4.78, 5) is 23.2. The maximum atomic E-state index is 12.6. The van der Waals surface area contributed by atoms with Crippen LogP contribution in [0.1, 0.15) is 12.5 Å². The maximum Gasteiger partial charge on any atom is 0.266 e. The number of phenolic OH excluding ortho intramolecular Hbond substituents is 1. The van der Waals surface area contributed by atoms with E-state index in [1.165, 1.54) is 18.0 Å². The molecule has 1 amide bonds. The molecule has 0 bridgehead atoms. The summed E-state index contributed by atoms with van der Waals surface area (Å²) in [6.45, 7) is 2.41. The van der Waals surface area contributed by atoms with Crippen LogP contribution in [0.4, 0.5) is 5.69 Å². The molecule has 1 aliphatic rings. The molecule has 0 atom stereocenters. The van der Waals surface area contributed by atoms with Crippen molar-refractivity contribution in [3.05, 3.63) is 58.2 Å². The predicted molar refractivity (Wildman–Crippen MR) is 97.4 cm³/mol. The Kier molecular flexibility index (Phi) is 4.87. The average molecular weight is 360 g/mol. The number of carbonyl (C=O) groups excluding carboxylic acids is 1. The lowest BCUT2D eigenvalue weighted by Crippen LogP contribution is -2.28. The highest BCUT2D eigenvalue weighted by Gasteiger charge is 2.32. The summed E-state index contributed by atoms with van der Waals surface area (Å²) >= 11 is 7.39. The molecule has 0 spiro atoms. The summed E-state index contributed by atoms with van der Waals surface area (Å²) in [5, 5.41) is 10.4. The summed E-state index contributed by atoms with van der Waals surface area (Å²) in [5.74, 6) is 0.0896. The molecule has 7 heteroatoms. The van der Waals surface area contributed by atoms with Gasteiger partial charge in [-0.25, -0.2) is 4.99 Å². The second-order valence-electron chi connectivity index (χ2n) is 4.97. The highest BCUT2D eigenvalue weighted by Crippen LogP contribution is 2.35. The van der Waals surface area contributed by atoms with Crippen LogP contribution in [0.25, 0.3) is 6.08 Å². The van der Waals surface area contributed by atoms with Crippen LogP contribution in [0, 0.1) is 0 Å². The van der Waals surface area contributed by atoms with Gasteiger partial charge >= 0.3 is 0 Å². The van der Waals surface area contributed by atoms with E-state index in [1.54, 1.807) is 47.5 Å². The molecule has 1 aliphatic heterocycles. The zero-order chi connectivity index (χ0) is 17.1. The fourth-order valence-corrected chi connectivity index (χ4v) is 3.37. The molecule has 3 rings (SSSR count). The van der Waals surface area contributed by atoms with E-state index in [0.29, 0.717) is 27.3 Å². The van der Waals surface area contributed by atoms with Gasteiger partial charge in [0.1, 0.15) is 5.75 Å². The molecule has 1 saturated heterocycles. The number of hydrogen-bond acceptors (Lipinski definition) is 5. The number of rotatable bonds is 3. The lowest BCUT2D eigenvalue weighted by Gasteiger charge is -2.12. The topological polar surface area (TPSA) is 65.8 Å². The van der Waals surface area contributed by atoms with Crippen molar-refractivity contribution in [2.45, 2.75) is 6.92 Å². The first-order valence-electron chi connectivity index (χ1n) is 7.27. The molecule has 0 aliphatic carbocycles. The second kappa shape index (κ2) is 7.07. The van der Waals surface area contributed by atoms with Gasteiger partial charge in [-0.15, -0.1) is 0 Å². The Morgan fingerprint density at radius 2 is 2.08 bits per heavy atom. The normalized spacial score (nSPS) is 17.9. The quantitative estimate of drug-likeness (QED) is 0.839. The molecule has 24 heavy (non-hydrogen) atoms. The van der Waals surface area contributed by atoms with Gasteiger partial charge in [-0.3, -0.25) is 14.7 Å². The predicted octanol–water partition coefficient (Wildman–Crippen LogP) is 4.06. The molecule has 1 N–H and O–H groups in total. The third-order valence-electron chi connectivity index (χ3n) is 3.36. The molecule has 122 valence electrons. The van der Waals surface area contributed by atoms with E-state index < -0.39 is 0 Å². The number of aromatic nitrogens is 1. The molecule has 1 aromatic carbocycles. The van der Waals surface area contributed by atoms with Crippen LogP contribution in [0.5, 0.6) is 5.75 Å². The van der Waals surface area contributed by atoms with Crippen LogP contribution in [0.3, 0.4) is 0 Å². The molecule has 1 fully saturated rings. The highest BCUT2D eigenvalue weighted by atomic mass is 35.5. The summed E-state index contributed by atoms with van der Waals surface area (Å²) in [6.07, 6.45) is 4.91. The smallest absolute Gasteiger partial charge is 0.266 e. The molecular weight excluding hydrogens is 346 g/mol.